The number of urea groups is 1. The van der Waals surface area contributed by atoms with Crippen LogP contribution >= 0.6 is 11.6 Å². The predicted octanol–water partition coefficient (Wildman–Crippen LogP) is 2.97. The molecule has 1 fully saturated rings. The summed E-state index contributed by atoms with van der Waals surface area (Å²) in [6.07, 6.45) is 6.26. The van der Waals surface area contributed by atoms with Gasteiger partial charge in [-0.15, -0.1) is 0 Å². The van der Waals surface area contributed by atoms with Crippen molar-refractivity contribution in [2.45, 2.75) is 37.7 Å². The Morgan fingerprint density at radius 1 is 1.30 bits per heavy atom. The summed E-state index contributed by atoms with van der Waals surface area (Å²) in [7, 11) is 0. The Morgan fingerprint density at radius 3 is 2.87 bits per heavy atom. The average molecular weight is 336 g/mol. The number of carbonyl (C=O) groups is 1. The summed E-state index contributed by atoms with van der Waals surface area (Å²) in [6.45, 7) is 0.852. The number of nitrogens with one attached hydrogen (secondary N) is 3. The van der Waals surface area contributed by atoms with Crippen LogP contribution in [-0.2, 0) is 6.42 Å². The minimum absolute atomic E-state index is 0.233. The molecule has 0 saturated heterocycles. The number of carbonyl (C=O) groups excluding carboxylic acids is 1. The van der Waals surface area contributed by atoms with Crippen molar-refractivity contribution in [1.82, 2.24) is 15.6 Å². The average Bonchev–Trinajstić information content (AvgIpc) is 3.13. The lowest BCUT2D eigenvalue weighted by Crippen LogP contribution is -2.45. The Bertz CT molecular complexity index is 692. The molecule has 5 nitrogen and oxygen atoms in total. The van der Waals surface area contributed by atoms with E-state index in [2.05, 4.69) is 15.6 Å². The second kappa shape index (κ2) is 6.81. The lowest BCUT2D eigenvalue weighted by Gasteiger charge is -2.22. The minimum Gasteiger partial charge on any atom is -0.388 e. The molecule has 124 valence electrons. The lowest BCUT2D eigenvalue weighted by molar-refractivity contribution is 0.0501. The number of hydrogen-bond donors (Lipinski definition) is 4. The molecule has 23 heavy (non-hydrogen) atoms. The molecule has 0 atom stereocenters. The zero-order valence-corrected chi connectivity index (χ0v) is 13.7. The van der Waals surface area contributed by atoms with Gasteiger partial charge in [-0.1, -0.05) is 24.4 Å². The number of halogens is 1. The second-order valence-corrected chi connectivity index (χ2v) is 6.73. The molecular formula is C17H22ClN3O2. The highest BCUT2D eigenvalue weighted by atomic mass is 35.5. The van der Waals surface area contributed by atoms with E-state index in [1.807, 2.05) is 24.4 Å². The quantitative estimate of drug-likeness (QED) is 0.678. The Morgan fingerprint density at radius 2 is 2.09 bits per heavy atom. The van der Waals surface area contributed by atoms with E-state index in [1.54, 1.807) is 0 Å². The van der Waals surface area contributed by atoms with E-state index in [0.29, 0.717) is 18.1 Å². The highest BCUT2D eigenvalue weighted by Crippen LogP contribution is 2.28. The van der Waals surface area contributed by atoms with Gasteiger partial charge in [0.1, 0.15) is 0 Å². The van der Waals surface area contributed by atoms with Crippen LogP contribution in [-0.4, -0.2) is 34.8 Å². The molecule has 1 aliphatic carbocycles. The fourth-order valence-corrected chi connectivity index (χ4v) is 3.36. The van der Waals surface area contributed by atoms with Gasteiger partial charge in [0.25, 0.3) is 0 Å². The Labute approximate surface area is 140 Å². The monoisotopic (exact) mass is 335 g/mol. The maximum absolute atomic E-state index is 11.8. The predicted molar refractivity (Wildman–Crippen MR) is 91.8 cm³/mol. The van der Waals surface area contributed by atoms with Gasteiger partial charge in [0.15, 0.2) is 0 Å². The van der Waals surface area contributed by atoms with Crippen molar-refractivity contribution < 1.29 is 9.90 Å². The fraction of sp³-hybridized carbons (Fsp3) is 0.471. The summed E-state index contributed by atoms with van der Waals surface area (Å²) >= 11 is 6.03. The van der Waals surface area contributed by atoms with Crippen molar-refractivity contribution >= 4 is 28.5 Å². The summed E-state index contributed by atoms with van der Waals surface area (Å²) in [4.78, 5) is 15.0. The number of aromatic amines is 1. The van der Waals surface area contributed by atoms with Gasteiger partial charge in [-0.3, -0.25) is 0 Å². The molecule has 1 aliphatic rings. The van der Waals surface area contributed by atoms with E-state index in [9.17, 15) is 9.90 Å². The van der Waals surface area contributed by atoms with E-state index in [4.69, 9.17) is 11.6 Å². The summed E-state index contributed by atoms with van der Waals surface area (Å²) in [5, 5.41) is 17.6. The fourth-order valence-electron chi connectivity index (χ4n) is 3.19. The highest BCUT2D eigenvalue weighted by Gasteiger charge is 2.31. The topological polar surface area (TPSA) is 77.2 Å². The SMILES string of the molecule is O=C(NCCc1c[nH]c2ccc(Cl)cc12)NCC1(O)CCCC1. The van der Waals surface area contributed by atoms with Crippen molar-refractivity contribution in [3.8, 4) is 0 Å². The molecule has 0 unspecified atom stereocenters. The molecule has 0 aliphatic heterocycles. The first-order chi connectivity index (χ1) is 11.1. The van der Waals surface area contributed by atoms with E-state index < -0.39 is 5.60 Å². The smallest absolute Gasteiger partial charge is 0.314 e. The van der Waals surface area contributed by atoms with Gasteiger partial charge in [0.2, 0.25) is 0 Å². The summed E-state index contributed by atoms with van der Waals surface area (Å²) < 4.78 is 0. The first-order valence-electron chi connectivity index (χ1n) is 8.05. The van der Waals surface area contributed by atoms with Crippen LogP contribution in [0.4, 0.5) is 4.79 Å². The van der Waals surface area contributed by atoms with Crippen LogP contribution in [0.25, 0.3) is 10.9 Å². The van der Waals surface area contributed by atoms with Crippen LogP contribution in [0.1, 0.15) is 31.2 Å². The van der Waals surface area contributed by atoms with Crippen LogP contribution in [0.15, 0.2) is 24.4 Å². The third-order valence-electron chi connectivity index (χ3n) is 4.52. The zero-order chi connectivity index (χ0) is 16.3. The number of aromatic nitrogens is 1. The van der Waals surface area contributed by atoms with Gasteiger partial charge in [-0.2, -0.15) is 0 Å². The third kappa shape index (κ3) is 3.98. The van der Waals surface area contributed by atoms with Gasteiger partial charge in [-0.25, -0.2) is 4.79 Å². The zero-order valence-electron chi connectivity index (χ0n) is 13.0. The lowest BCUT2D eigenvalue weighted by atomic mass is 10.0. The molecule has 0 spiro atoms. The molecule has 2 aromatic rings. The van der Waals surface area contributed by atoms with Crippen molar-refractivity contribution in [1.29, 1.82) is 0 Å². The number of rotatable bonds is 5. The van der Waals surface area contributed by atoms with Gasteiger partial charge < -0.3 is 20.7 Å². The number of aliphatic hydroxyl groups is 1. The molecule has 1 aromatic carbocycles. The molecule has 3 rings (SSSR count). The second-order valence-electron chi connectivity index (χ2n) is 6.29. The Kier molecular flexibility index (Phi) is 4.78. The number of H-pyrrole nitrogens is 1. The van der Waals surface area contributed by atoms with Crippen LogP contribution in [0, 0.1) is 0 Å². The first-order valence-corrected chi connectivity index (χ1v) is 8.43. The number of fused-ring (bicyclic) bond motifs is 1. The molecular weight excluding hydrogens is 314 g/mol. The number of hydrogen-bond acceptors (Lipinski definition) is 2. The normalized spacial score (nSPS) is 16.6. The van der Waals surface area contributed by atoms with Gasteiger partial charge >= 0.3 is 6.03 Å². The van der Waals surface area contributed by atoms with Crippen molar-refractivity contribution in [2.75, 3.05) is 13.1 Å². The third-order valence-corrected chi connectivity index (χ3v) is 4.76. The van der Waals surface area contributed by atoms with E-state index in [1.165, 1.54) is 0 Å². The summed E-state index contributed by atoms with van der Waals surface area (Å²) in [6, 6.07) is 5.49. The molecule has 4 N–H and O–H groups in total. The van der Waals surface area contributed by atoms with Gasteiger partial charge in [0.05, 0.1) is 5.60 Å². The van der Waals surface area contributed by atoms with Crippen molar-refractivity contribution in [3.05, 3.63) is 35.0 Å². The molecule has 1 heterocycles. The van der Waals surface area contributed by atoms with Crippen LogP contribution in [0.5, 0.6) is 0 Å². The van der Waals surface area contributed by atoms with Crippen LogP contribution in [0.2, 0.25) is 5.02 Å². The highest BCUT2D eigenvalue weighted by molar-refractivity contribution is 6.31. The molecule has 1 saturated carbocycles. The van der Waals surface area contributed by atoms with Crippen LogP contribution < -0.4 is 10.6 Å². The first kappa shape index (κ1) is 16.1. The van der Waals surface area contributed by atoms with Crippen molar-refractivity contribution in [2.24, 2.45) is 0 Å². The maximum atomic E-state index is 11.8. The van der Waals surface area contributed by atoms with E-state index >= 15 is 0 Å². The Balaban J connectivity index is 1.46. The van der Waals surface area contributed by atoms with Crippen LogP contribution in [0.3, 0.4) is 0 Å². The van der Waals surface area contributed by atoms with Crippen molar-refractivity contribution in [3.63, 3.8) is 0 Å². The van der Waals surface area contributed by atoms with Gasteiger partial charge in [0, 0.05) is 35.2 Å². The van der Waals surface area contributed by atoms with E-state index in [-0.39, 0.29) is 6.03 Å². The molecule has 6 heteroatoms. The largest absolute Gasteiger partial charge is 0.388 e. The van der Waals surface area contributed by atoms with E-state index in [0.717, 1.165) is 48.6 Å². The molecule has 0 bridgehead atoms. The summed E-state index contributed by atoms with van der Waals surface area (Å²) in [5.74, 6) is 0. The summed E-state index contributed by atoms with van der Waals surface area (Å²) in [5.41, 5.74) is 1.44. The molecule has 0 radical (unpaired) electrons. The number of amides is 2. The standard InChI is InChI=1S/C17H22ClN3O2/c18-13-3-4-15-14(9-13)12(10-20-15)5-8-19-16(22)21-11-17(23)6-1-2-7-17/h3-4,9-10,20,23H,1-2,5-8,11H2,(H2,19,21,22). The Hall–Kier alpha value is -1.72. The molecule has 2 amide bonds. The number of benzene rings is 1. The minimum atomic E-state index is -0.717. The maximum Gasteiger partial charge on any atom is 0.314 e. The molecule has 1 aromatic heterocycles. The van der Waals surface area contributed by atoms with Gasteiger partial charge in [-0.05, 0) is 43.0 Å².